The van der Waals surface area contributed by atoms with Crippen molar-refractivity contribution in [2.45, 2.75) is 13.0 Å². The fourth-order valence-corrected chi connectivity index (χ4v) is 2.17. The smallest absolute Gasteiger partial charge is 0.121 e. The second kappa shape index (κ2) is 5.55. The van der Waals surface area contributed by atoms with Crippen LogP contribution in [0.4, 0.5) is 0 Å². The topological polar surface area (TPSA) is 29.5 Å². The van der Waals surface area contributed by atoms with E-state index in [-0.39, 0.29) is 0 Å². The summed E-state index contributed by atoms with van der Waals surface area (Å²) in [4.78, 5) is 0. The predicted octanol–water partition coefficient (Wildman–Crippen LogP) is 3.85. The Kier molecular flexibility index (Phi) is 4.04. The van der Waals surface area contributed by atoms with Crippen LogP contribution in [0.3, 0.4) is 0 Å². The van der Waals surface area contributed by atoms with Crippen LogP contribution in [0.25, 0.3) is 0 Å². The van der Waals surface area contributed by atoms with Gasteiger partial charge in [-0.15, -0.1) is 0 Å². The lowest BCUT2D eigenvalue weighted by molar-refractivity contribution is 0.220. The summed E-state index contributed by atoms with van der Waals surface area (Å²) in [6.07, 6.45) is -0.609. The van der Waals surface area contributed by atoms with Crippen molar-refractivity contribution < 1.29 is 9.84 Å². The van der Waals surface area contributed by atoms with Gasteiger partial charge in [0.05, 0.1) is 7.11 Å². The first kappa shape index (κ1) is 13.1. The zero-order valence-corrected chi connectivity index (χ0v) is 11.9. The van der Waals surface area contributed by atoms with Crippen LogP contribution < -0.4 is 4.74 Å². The number of hydrogen-bond acceptors (Lipinski definition) is 2. The van der Waals surface area contributed by atoms with Gasteiger partial charge in [0.15, 0.2) is 0 Å². The molecule has 0 aliphatic rings. The fourth-order valence-electron chi connectivity index (χ4n) is 1.91. The second-order valence-corrected chi connectivity index (χ2v) is 5.10. The lowest BCUT2D eigenvalue weighted by atomic mass is 10.00. The number of halogens is 1. The summed E-state index contributed by atoms with van der Waals surface area (Å²) in [6, 6.07) is 13.4. The number of aliphatic hydroxyl groups is 1. The largest absolute Gasteiger partial charge is 0.496 e. The van der Waals surface area contributed by atoms with Gasteiger partial charge in [0, 0.05) is 4.47 Å². The lowest BCUT2D eigenvalue weighted by Gasteiger charge is -2.13. The summed E-state index contributed by atoms with van der Waals surface area (Å²) < 4.78 is 6.22. The Hall–Kier alpha value is -1.32. The summed E-state index contributed by atoms with van der Waals surface area (Å²) >= 11 is 3.38. The Bertz CT molecular complexity index is 535. The molecule has 2 aromatic rings. The Labute approximate surface area is 115 Å². The number of aliphatic hydroxyl groups excluding tert-OH is 1. The molecular formula is C15H15BrO2. The van der Waals surface area contributed by atoms with Gasteiger partial charge in [-0.05, 0) is 47.9 Å². The number of ether oxygens (including phenoxy) is 1. The molecule has 2 rings (SSSR count). The molecule has 3 heteroatoms. The minimum atomic E-state index is -0.609. The first-order valence-electron chi connectivity index (χ1n) is 5.70. The van der Waals surface area contributed by atoms with E-state index in [4.69, 9.17) is 4.74 Å². The van der Waals surface area contributed by atoms with Crippen LogP contribution >= 0.6 is 15.9 Å². The van der Waals surface area contributed by atoms with Crippen LogP contribution in [0.5, 0.6) is 5.75 Å². The minimum absolute atomic E-state index is 0.609. The van der Waals surface area contributed by atoms with Gasteiger partial charge in [0.1, 0.15) is 11.9 Å². The molecule has 0 amide bonds. The van der Waals surface area contributed by atoms with Gasteiger partial charge in [-0.3, -0.25) is 0 Å². The number of methoxy groups -OCH3 is 1. The molecule has 1 N–H and O–H groups in total. The van der Waals surface area contributed by atoms with E-state index in [1.807, 2.05) is 49.4 Å². The molecule has 0 bridgehead atoms. The van der Waals surface area contributed by atoms with Crippen LogP contribution in [-0.2, 0) is 0 Å². The van der Waals surface area contributed by atoms with Crippen molar-refractivity contribution in [3.63, 3.8) is 0 Å². The van der Waals surface area contributed by atoms with Gasteiger partial charge in [-0.2, -0.15) is 0 Å². The van der Waals surface area contributed by atoms with E-state index in [2.05, 4.69) is 15.9 Å². The molecule has 0 aromatic heterocycles. The van der Waals surface area contributed by atoms with Gasteiger partial charge in [-0.25, -0.2) is 0 Å². The zero-order valence-electron chi connectivity index (χ0n) is 10.4. The number of aryl methyl sites for hydroxylation is 1. The molecule has 0 heterocycles. The van der Waals surface area contributed by atoms with Gasteiger partial charge in [0.25, 0.3) is 0 Å². The quantitative estimate of drug-likeness (QED) is 0.933. The molecule has 2 nitrogen and oxygen atoms in total. The molecule has 94 valence electrons. The highest BCUT2D eigenvalue weighted by Gasteiger charge is 2.11. The average Bonchev–Trinajstić information content (AvgIpc) is 2.38. The van der Waals surface area contributed by atoms with Crippen molar-refractivity contribution in [2.75, 3.05) is 7.11 Å². The maximum absolute atomic E-state index is 10.3. The Morgan fingerprint density at radius 1 is 1.06 bits per heavy atom. The molecule has 2 aromatic carbocycles. The maximum atomic E-state index is 10.3. The Balaban J connectivity index is 2.31. The number of rotatable bonds is 3. The van der Waals surface area contributed by atoms with E-state index in [1.54, 1.807) is 7.11 Å². The number of benzene rings is 2. The van der Waals surface area contributed by atoms with Crippen molar-refractivity contribution in [3.8, 4) is 5.75 Å². The van der Waals surface area contributed by atoms with Crippen LogP contribution in [0.15, 0.2) is 46.9 Å². The molecule has 0 saturated carbocycles. The minimum Gasteiger partial charge on any atom is -0.496 e. The van der Waals surface area contributed by atoms with Crippen molar-refractivity contribution in [3.05, 3.63) is 63.6 Å². The van der Waals surface area contributed by atoms with Crippen molar-refractivity contribution in [2.24, 2.45) is 0 Å². The standard InChI is InChI=1S/C15H15BrO2/c1-10-9-12(5-8-14(10)18-2)15(17)11-3-6-13(16)7-4-11/h3-9,15,17H,1-2H3/t15-/m1/s1. The molecular weight excluding hydrogens is 292 g/mol. The van der Waals surface area contributed by atoms with Crippen LogP contribution in [-0.4, -0.2) is 12.2 Å². The normalized spacial score (nSPS) is 12.2. The van der Waals surface area contributed by atoms with E-state index < -0.39 is 6.10 Å². The summed E-state index contributed by atoms with van der Waals surface area (Å²) in [5.74, 6) is 0.835. The van der Waals surface area contributed by atoms with E-state index in [9.17, 15) is 5.11 Å². The molecule has 0 saturated heterocycles. The summed E-state index contributed by atoms with van der Waals surface area (Å²) in [5.41, 5.74) is 2.77. The molecule has 0 spiro atoms. The molecule has 0 aliphatic carbocycles. The van der Waals surface area contributed by atoms with Crippen molar-refractivity contribution in [1.29, 1.82) is 0 Å². The zero-order chi connectivity index (χ0) is 13.1. The third-order valence-corrected chi connectivity index (χ3v) is 3.45. The molecule has 18 heavy (non-hydrogen) atoms. The first-order chi connectivity index (χ1) is 8.61. The van der Waals surface area contributed by atoms with Gasteiger partial charge >= 0.3 is 0 Å². The molecule has 0 fully saturated rings. The Morgan fingerprint density at radius 2 is 1.67 bits per heavy atom. The predicted molar refractivity (Wildman–Crippen MR) is 75.9 cm³/mol. The summed E-state index contributed by atoms with van der Waals surface area (Å²) in [5, 5.41) is 10.3. The lowest BCUT2D eigenvalue weighted by Crippen LogP contribution is -2.00. The third-order valence-electron chi connectivity index (χ3n) is 2.92. The fraction of sp³-hybridized carbons (Fsp3) is 0.200. The van der Waals surface area contributed by atoms with Crippen LogP contribution in [0.2, 0.25) is 0 Å². The SMILES string of the molecule is COc1ccc([C@H](O)c2ccc(Br)cc2)cc1C. The second-order valence-electron chi connectivity index (χ2n) is 4.18. The van der Waals surface area contributed by atoms with Gasteiger partial charge in [0.2, 0.25) is 0 Å². The van der Waals surface area contributed by atoms with Gasteiger partial charge in [-0.1, -0.05) is 34.1 Å². The van der Waals surface area contributed by atoms with Crippen molar-refractivity contribution >= 4 is 15.9 Å². The molecule has 0 unspecified atom stereocenters. The highest BCUT2D eigenvalue weighted by molar-refractivity contribution is 9.10. The van der Waals surface area contributed by atoms with E-state index in [1.165, 1.54) is 0 Å². The average molecular weight is 307 g/mol. The Morgan fingerprint density at radius 3 is 2.22 bits per heavy atom. The van der Waals surface area contributed by atoms with Crippen LogP contribution in [0.1, 0.15) is 22.8 Å². The van der Waals surface area contributed by atoms with E-state index >= 15 is 0 Å². The van der Waals surface area contributed by atoms with E-state index in [0.717, 1.165) is 26.9 Å². The van der Waals surface area contributed by atoms with Crippen LogP contribution in [0, 0.1) is 6.92 Å². The van der Waals surface area contributed by atoms with Crippen molar-refractivity contribution in [1.82, 2.24) is 0 Å². The molecule has 0 radical (unpaired) electrons. The number of hydrogen-bond donors (Lipinski definition) is 1. The summed E-state index contributed by atoms with van der Waals surface area (Å²) in [6.45, 7) is 1.97. The highest BCUT2D eigenvalue weighted by Crippen LogP contribution is 2.27. The molecule has 1 atom stereocenters. The van der Waals surface area contributed by atoms with E-state index in [0.29, 0.717) is 0 Å². The summed E-state index contributed by atoms with van der Waals surface area (Å²) in [7, 11) is 1.65. The monoisotopic (exact) mass is 306 g/mol. The maximum Gasteiger partial charge on any atom is 0.121 e. The first-order valence-corrected chi connectivity index (χ1v) is 6.49. The highest BCUT2D eigenvalue weighted by atomic mass is 79.9. The molecule has 0 aliphatic heterocycles. The van der Waals surface area contributed by atoms with Gasteiger partial charge < -0.3 is 9.84 Å². The third kappa shape index (κ3) is 2.74.